The Hall–Kier alpha value is -3.67. The topological polar surface area (TPSA) is 121 Å². The van der Waals surface area contributed by atoms with Crippen LogP contribution in [0.3, 0.4) is 0 Å². The molecule has 0 saturated heterocycles. The Morgan fingerprint density at radius 3 is 2.94 bits per heavy atom. The first-order valence-electron chi connectivity index (χ1n) is 12.5. The summed E-state index contributed by atoms with van der Waals surface area (Å²) in [6.45, 7) is 8.82. The minimum atomic E-state index is -0.939. The number of amides is 1. The van der Waals surface area contributed by atoms with Crippen LogP contribution < -0.4 is 0 Å². The minimum absolute atomic E-state index is 0.223. The average molecular weight is 491 g/mol. The van der Waals surface area contributed by atoms with Crippen molar-refractivity contribution >= 4 is 23.3 Å². The van der Waals surface area contributed by atoms with Crippen molar-refractivity contribution in [1.82, 2.24) is 24.6 Å². The molecule has 4 rings (SSSR count). The maximum Gasteiger partial charge on any atom is 0.407 e. The van der Waals surface area contributed by atoms with Gasteiger partial charge in [-0.15, -0.1) is 0 Å². The molecule has 9 heteroatoms. The highest BCUT2D eigenvalue weighted by molar-refractivity contribution is 5.79. The molecule has 0 aliphatic heterocycles. The maximum atomic E-state index is 12.2. The zero-order valence-electron chi connectivity index (χ0n) is 21.4. The number of nitriles is 1. The Morgan fingerprint density at radius 2 is 2.22 bits per heavy atom. The van der Waals surface area contributed by atoms with Crippen molar-refractivity contribution in [2.24, 2.45) is 11.8 Å². The summed E-state index contributed by atoms with van der Waals surface area (Å²) in [7, 11) is 0. The van der Waals surface area contributed by atoms with E-state index in [-0.39, 0.29) is 12.5 Å². The van der Waals surface area contributed by atoms with Gasteiger partial charge in [-0.05, 0) is 69.6 Å². The quantitative estimate of drug-likeness (QED) is 0.444. The number of aromatic nitrogens is 4. The number of allylic oxidation sites excluding steroid dienone is 1. The van der Waals surface area contributed by atoms with Crippen molar-refractivity contribution in [3.63, 3.8) is 0 Å². The second-order valence-electron chi connectivity index (χ2n) is 10.9. The van der Waals surface area contributed by atoms with Crippen LogP contribution in [-0.4, -0.2) is 48.9 Å². The molecule has 1 aliphatic carbocycles. The number of hydrogen-bond donors (Lipinski definition) is 1. The van der Waals surface area contributed by atoms with E-state index in [1.165, 1.54) is 10.5 Å². The molecule has 1 aliphatic rings. The van der Waals surface area contributed by atoms with Gasteiger partial charge in [0.25, 0.3) is 0 Å². The molecule has 9 nitrogen and oxygen atoms in total. The third-order valence-corrected chi connectivity index (χ3v) is 6.66. The first kappa shape index (κ1) is 25.4. The number of benzene rings is 1. The van der Waals surface area contributed by atoms with Crippen molar-refractivity contribution in [1.29, 1.82) is 5.26 Å². The summed E-state index contributed by atoms with van der Waals surface area (Å²) in [5, 5.41) is 23.3. The van der Waals surface area contributed by atoms with Crippen LogP contribution >= 0.6 is 0 Å². The largest absolute Gasteiger partial charge is 0.465 e. The molecule has 1 unspecified atom stereocenters. The molecular formula is C27H34N6O3. The first-order valence-corrected chi connectivity index (χ1v) is 12.5. The fourth-order valence-electron chi connectivity index (χ4n) is 4.90. The highest BCUT2D eigenvalue weighted by Crippen LogP contribution is 2.32. The monoisotopic (exact) mass is 490 g/mol. The second-order valence-corrected chi connectivity index (χ2v) is 10.9. The van der Waals surface area contributed by atoms with Gasteiger partial charge in [-0.25, -0.2) is 9.78 Å². The van der Waals surface area contributed by atoms with Gasteiger partial charge in [0.2, 0.25) is 5.89 Å². The van der Waals surface area contributed by atoms with E-state index in [4.69, 9.17) is 4.52 Å². The zero-order chi connectivity index (χ0) is 25.9. The molecular weight excluding hydrogens is 456 g/mol. The number of carboxylic acid groups (broad SMARTS) is 1. The van der Waals surface area contributed by atoms with E-state index >= 15 is 0 Å². The summed E-state index contributed by atoms with van der Waals surface area (Å²) in [5.74, 6) is 1.76. The highest BCUT2D eigenvalue weighted by Gasteiger charge is 2.33. The third kappa shape index (κ3) is 5.93. The molecule has 0 spiro atoms. The van der Waals surface area contributed by atoms with Crippen molar-refractivity contribution in [2.45, 2.75) is 65.2 Å². The van der Waals surface area contributed by atoms with Crippen molar-refractivity contribution < 1.29 is 14.4 Å². The Labute approximate surface area is 211 Å². The number of hydrogen-bond acceptors (Lipinski definition) is 6. The van der Waals surface area contributed by atoms with Crippen LogP contribution in [0.25, 0.3) is 17.2 Å². The normalized spacial score (nSPS) is 17.6. The average Bonchev–Trinajstić information content (AvgIpc) is 3.45. The predicted molar refractivity (Wildman–Crippen MR) is 136 cm³/mol. The molecule has 1 aromatic carbocycles. The molecule has 1 saturated carbocycles. The molecule has 1 fully saturated rings. The van der Waals surface area contributed by atoms with Gasteiger partial charge in [-0.3, -0.25) is 0 Å². The molecule has 0 bridgehead atoms. The molecule has 190 valence electrons. The van der Waals surface area contributed by atoms with Gasteiger partial charge < -0.3 is 19.1 Å². The van der Waals surface area contributed by atoms with Gasteiger partial charge in [0.1, 0.15) is 0 Å². The minimum Gasteiger partial charge on any atom is -0.465 e. The van der Waals surface area contributed by atoms with Gasteiger partial charge in [0, 0.05) is 25.7 Å². The van der Waals surface area contributed by atoms with E-state index in [2.05, 4.69) is 41.2 Å². The molecule has 1 N–H and O–H groups in total. The van der Waals surface area contributed by atoms with Crippen LogP contribution in [0.15, 0.2) is 34.6 Å². The SMILES string of the molecule is CC(C)Cc1noc(C(C)(C)CN(CC2CCC/C(=C\n3cnc4ccc(C#N)cc43)C2)C(=O)O)n1. The van der Waals surface area contributed by atoms with Crippen molar-refractivity contribution in [2.75, 3.05) is 13.1 Å². The smallest absolute Gasteiger partial charge is 0.407 e. The van der Waals surface area contributed by atoms with Crippen LogP contribution in [0.5, 0.6) is 0 Å². The molecule has 1 amide bonds. The first-order chi connectivity index (χ1) is 17.1. The lowest BCUT2D eigenvalue weighted by molar-refractivity contribution is 0.117. The molecule has 0 radical (unpaired) electrons. The number of fused-ring (bicyclic) bond motifs is 1. The fourth-order valence-corrected chi connectivity index (χ4v) is 4.90. The lowest BCUT2D eigenvalue weighted by Crippen LogP contribution is -2.43. The van der Waals surface area contributed by atoms with Gasteiger partial charge in [0.05, 0.1) is 34.4 Å². The molecule has 3 aromatic rings. The number of rotatable bonds is 8. The van der Waals surface area contributed by atoms with Crippen LogP contribution in [0.1, 0.15) is 70.7 Å². The summed E-state index contributed by atoms with van der Waals surface area (Å²) in [4.78, 5) is 22.7. The van der Waals surface area contributed by atoms with E-state index in [1.807, 2.05) is 30.5 Å². The second kappa shape index (κ2) is 10.5. The molecule has 2 aromatic heterocycles. The van der Waals surface area contributed by atoms with E-state index in [9.17, 15) is 15.2 Å². The van der Waals surface area contributed by atoms with Crippen LogP contribution in [0, 0.1) is 23.2 Å². The van der Waals surface area contributed by atoms with Gasteiger partial charge in [-0.2, -0.15) is 10.2 Å². The molecule has 2 heterocycles. The lowest BCUT2D eigenvalue weighted by Gasteiger charge is -2.33. The van der Waals surface area contributed by atoms with Gasteiger partial charge >= 0.3 is 6.09 Å². The summed E-state index contributed by atoms with van der Waals surface area (Å²) in [5.41, 5.74) is 3.00. The Bertz CT molecular complexity index is 1300. The summed E-state index contributed by atoms with van der Waals surface area (Å²) < 4.78 is 7.48. The standard InChI is InChI=1S/C27H34N6O3/c1-18(2)10-24-30-25(36-31-24)27(3,4)16-32(26(34)35)14-20-6-5-7-21(11-20)15-33-17-29-22-9-8-19(13-28)12-23(22)33/h8-9,12,15,17-18,20H,5-7,10-11,14,16H2,1-4H3,(H,34,35)/b21-15+. The van der Waals surface area contributed by atoms with Crippen molar-refractivity contribution in [3.05, 3.63) is 47.4 Å². The Kier molecular flexibility index (Phi) is 7.43. The predicted octanol–water partition coefficient (Wildman–Crippen LogP) is 5.48. The highest BCUT2D eigenvalue weighted by atomic mass is 16.5. The van der Waals surface area contributed by atoms with Gasteiger partial charge in [-0.1, -0.05) is 24.6 Å². The Morgan fingerprint density at radius 1 is 1.42 bits per heavy atom. The van der Waals surface area contributed by atoms with Gasteiger partial charge in [0.15, 0.2) is 5.82 Å². The number of carbonyl (C=O) groups is 1. The van der Waals surface area contributed by atoms with Crippen LogP contribution in [-0.2, 0) is 11.8 Å². The third-order valence-electron chi connectivity index (χ3n) is 6.66. The van der Waals surface area contributed by atoms with Crippen LogP contribution in [0.4, 0.5) is 4.79 Å². The number of imidazole rings is 1. The van der Waals surface area contributed by atoms with E-state index in [0.29, 0.717) is 29.7 Å². The fraction of sp³-hybridized carbons (Fsp3) is 0.519. The Balaban J connectivity index is 1.46. The number of nitrogens with zero attached hydrogens (tertiary/aromatic N) is 6. The van der Waals surface area contributed by atoms with E-state index in [0.717, 1.165) is 43.1 Å². The molecule has 1 atom stereocenters. The zero-order valence-corrected chi connectivity index (χ0v) is 21.4. The lowest BCUT2D eigenvalue weighted by atomic mass is 9.85. The summed E-state index contributed by atoms with van der Waals surface area (Å²) >= 11 is 0. The van der Waals surface area contributed by atoms with E-state index in [1.54, 1.807) is 12.4 Å². The maximum absolute atomic E-state index is 12.2. The summed E-state index contributed by atoms with van der Waals surface area (Å²) in [6, 6.07) is 7.65. The summed E-state index contributed by atoms with van der Waals surface area (Å²) in [6.07, 6.45) is 7.41. The molecule has 36 heavy (non-hydrogen) atoms. The van der Waals surface area contributed by atoms with E-state index < -0.39 is 11.5 Å². The van der Waals surface area contributed by atoms with Crippen molar-refractivity contribution in [3.8, 4) is 6.07 Å². The van der Waals surface area contributed by atoms with Crippen LogP contribution in [0.2, 0.25) is 0 Å².